The minimum absolute atomic E-state index is 0.236. The SMILES string of the molecule is COc1ccc([C@@H]2[C@H]3C(=O)N(c4ccc(C)cc4)C(=O)[C@@H]3ON2c2ccccc2)cc1CN1CCC(C)CC1. The molecule has 0 aliphatic carbocycles. The van der Waals surface area contributed by atoms with Crippen molar-refractivity contribution in [1.29, 1.82) is 0 Å². The molecule has 0 saturated carbocycles. The van der Waals surface area contributed by atoms with Gasteiger partial charge >= 0.3 is 0 Å². The van der Waals surface area contributed by atoms with Gasteiger partial charge in [0.1, 0.15) is 11.7 Å². The van der Waals surface area contributed by atoms with Crippen LogP contribution in [0.3, 0.4) is 0 Å². The predicted octanol–water partition coefficient (Wildman–Crippen LogP) is 5.29. The second-order valence-corrected chi connectivity index (χ2v) is 11.0. The van der Waals surface area contributed by atoms with Crippen molar-refractivity contribution in [1.82, 2.24) is 4.90 Å². The van der Waals surface area contributed by atoms with Gasteiger partial charge in [-0.25, -0.2) is 9.96 Å². The van der Waals surface area contributed by atoms with E-state index in [1.165, 1.54) is 17.7 Å². The van der Waals surface area contributed by atoms with Crippen LogP contribution in [0, 0.1) is 18.8 Å². The Morgan fingerprint density at radius 2 is 1.62 bits per heavy atom. The lowest BCUT2D eigenvalue weighted by molar-refractivity contribution is -0.126. The molecule has 0 bridgehead atoms. The van der Waals surface area contributed by atoms with Crippen molar-refractivity contribution in [2.45, 2.75) is 45.4 Å². The van der Waals surface area contributed by atoms with E-state index in [0.717, 1.165) is 53.7 Å². The lowest BCUT2D eigenvalue weighted by Gasteiger charge is -2.31. The molecule has 7 nitrogen and oxygen atoms in total. The molecule has 3 aliphatic heterocycles. The summed E-state index contributed by atoms with van der Waals surface area (Å²) in [6.07, 6.45) is 1.49. The maximum atomic E-state index is 14.0. The van der Waals surface area contributed by atoms with Gasteiger partial charge in [-0.05, 0) is 80.7 Å². The number of fused-ring (bicyclic) bond motifs is 1. The predicted molar refractivity (Wildman–Crippen MR) is 150 cm³/mol. The molecule has 3 fully saturated rings. The number of benzene rings is 3. The van der Waals surface area contributed by atoms with Crippen molar-refractivity contribution in [3.63, 3.8) is 0 Å². The van der Waals surface area contributed by atoms with Crippen LogP contribution in [0.2, 0.25) is 0 Å². The maximum Gasteiger partial charge on any atom is 0.266 e. The van der Waals surface area contributed by atoms with Gasteiger partial charge in [0, 0.05) is 12.1 Å². The number of hydrogen-bond acceptors (Lipinski definition) is 6. The molecule has 0 unspecified atom stereocenters. The number of methoxy groups -OCH3 is 1. The van der Waals surface area contributed by atoms with Crippen LogP contribution in [-0.2, 0) is 21.0 Å². The van der Waals surface area contributed by atoms with Gasteiger partial charge in [-0.3, -0.25) is 19.3 Å². The lowest BCUT2D eigenvalue weighted by Crippen LogP contribution is -2.37. The van der Waals surface area contributed by atoms with Crippen LogP contribution in [0.5, 0.6) is 5.75 Å². The number of rotatable bonds is 6. The van der Waals surface area contributed by atoms with Crippen molar-refractivity contribution >= 4 is 23.2 Å². The zero-order valence-electron chi connectivity index (χ0n) is 22.7. The van der Waals surface area contributed by atoms with Crippen LogP contribution in [-0.4, -0.2) is 43.0 Å². The van der Waals surface area contributed by atoms with Gasteiger partial charge in [-0.15, -0.1) is 0 Å². The maximum absolute atomic E-state index is 14.0. The number of hydrogen-bond donors (Lipinski definition) is 0. The minimum Gasteiger partial charge on any atom is -0.496 e. The number of likely N-dealkylation sites (tertiary alicyclic amines) is 1. The van der Waals surface area contributed by atoms with E-state index >= 15 is 0 Å². The number of para-hydroxylation sites is 1. The Morgan fingerprint density at radius 1 is 0.897 bits per heavy atom. The fraction of sp³-hybridized carbons (Fsp3) is 0.375. The van der Waals surface area contributed by atoms with E-state index in [4.69, 9.17) is 9.57 Å². The number of piperidine rings is 1. The Hall–Kier alpha value is -3.68. The van der Waals surface area contributed by atoms with Crippen LogP contribution in [0.4, 0.5) is 11.4 Å². The molecule has 6 rings (SSSR count). The molecule has 2 amide bonds. The van der Waals surface area contributed by atoms with Gasteiger partial charge in [-0.1, -0.05) is 48.9 Å². The summed E-state index contributed by atoms with van der Waals surface area (Å²) in [4.78, 5) is 37.7. The molecule has 0 spiro atoms. The number of anilines is 2. The Kier molecular flexibility index (Phi) is 6.87. The van der Waals surface area contributed by atoms with Crippen LogP contribution in [0.1, 0.15) is 42.5 Å². The van der Waals surface area contributed by atoms with Crippen LogP contribution in [0.15, 0.2) is 72.8 Å². The first-order valence-electron chi connectivity index (χ1n) is 13.8. The molecule has 3 aromatic carbocycles. The van der Waals surface area contributed by atoms with Crippen molar-refractivity contribution in [2.75, 3.05) is 30.2 Å². The molecule has 3 heterocycles. The average Bonchev–Trinajstić information content (AvgIpc) is 3.46. The van der Waals surface area contributed by atoms with Gasteiger partial charge in [0.05, 0.1) is 24.5 Å². The summed E-state index contributed by atoms with van der Waals surface area (Å²) in [5.74, 6) is 0.349. The van der Waals surface area contributed by atoms with E-state index in [9.17, 15) is 9.59 Å². The van der Waals surface area contributed by atoms with E-state index < -0.39 is 18.1 Å². The Labute approximate surface area is 229 Å². The van der Waals surface area contributed by atoms with E-state index in [1.807, 2.05) is 73.7 Å². The summed E-state index contributed by atoms with van der Waals surface area (Å²) in [6.45, 7) is 7.18. The minimum atomic E-state index is -0.891. The lowest BCUT2D eigenvalue weighted by atomic mass is 9.89. The molecule has 0 aromatic heterocycles. The van der Waals surface area contributed by atoms with Crippen LogP contribution < -0.4 is 14.7 Å². The normalized spacial score (nSPS) is 23.9. The summed E-state index contributed by atoms with van der Waals surface area (Å²) >= 11 is 0. The quantitative estimate of drug-likeness (QED) is 0.408. The summed E-state index contributed by atoms with van der Waals surface area (Å²) in [6, 6.07) is 22.8. The first-order valence-corrected chi connectivity index (χ1v) is 13.8. The van der Waals surface area contributed by atoms with E-state index in [0.29, 0.717) is 5.69 Å². The topological polar surface area (TPSA) is 62.3 Å². The molecule has 3 aliphatic rings. The molecule has 39 heavy (non-hydrogen) atoms. The third-order valence-electron chi connectivity index (χ3n) is 8.33. The largest absolute Gasteiger partial charge is 0.496 e. The van der Waals surface area contributed by atoms with Crippen molar-refractivity contribution in [3.8, 4) is 5.75 Å². The Morgan fingerprint density at radius 3 is 2.31 bits per heavy atom. The molecule has 7 heteroatoms. The van der Waals surface area contributed by atoms with Crippen molar-refractivity contribution in [3.05, 3.63) is 89.5 Å². The molecule has 3 saturated heterocycles. The number of carbonyl (C=O) groups is 2. The van der Waals surface area contributed by atoms with Gasteiger partial charge < -0.3 is 4.74 Å². The second kappa shape index (κ2) is 10.5. The molecular weight excluding hydrogens is 490 g/mol. The molecule has 3 aromatic rings. The van der Waals surface area contributed by atoms with E-state index in [2.05, 4.69) is 17.9 Å². The highest BCUT2D eigenvalue weighted by Gasteiger charge is 2.60. The molecule has 0 radical (unpaired) electrons. The third-order valence-corrected chi connectivity index (χ3v) is 8.33. The number of imide groups is 1. The molecular formula is C32H35N3O4. The third kappa shape index (κ3) is 4.70. The van der Waals surface area contributed by atoms with E-state index in [1.54, 1.807) is 12.2 Å². The monoisotopic (exact) mass is 525 g/mol. The number of nitrogens with zero attached hydrogens (tertiary/aromatic N) is 3. The highest BCUT2D eigenvalue weighted by atomic mass is 16.7. The first-order chi connectivity index (χ1) is 18.9. The zero-order valence-corrected chi connectivity index (χ0v) is 22.7. The smallest absolute Gasteiger partial charge is 0.266 e. The standard InChI is InChI=1S/C32H35N3O4/c1-21-9-12-25(13-10-21)34-31(36)28-29(35(39-30(28)32(34)37)26-7-5-4-6-8-26)23-11-14-27(38-3)24(19-23)20-33-17-15-22(2)16-18-33/h4-14,19,22,28-30H,15-18,20H2,1-3H3/t28-,29-,30-/m1/s1. The first kappa shape index (κ1) is 25.6. The number of carbonyl (C=O) groups excluding carboxylic acids is 2. The van der Waals surface area contributed by atoms with Gasteiger partial charge in [0.15, 0.2) is 6.10 Å². The number of ether oxygens (including phenoxy) is 1. The summed E-state index contributed by atoms with van der Waals surface area (Å²) < 4.78 is 5.75. The zero-order chi connectivity index (χ0) is 27.1. The number of hydroxylamine groups is 1. The van der Waals surface area contributed by atoms with Crippen LogP contribution >= 0.6 is 0 Å². The highest BCUT2D eigenvalue weighted by Crippen LogP contribution is 2.48. The van der Waals surface area contributed by atoms with Crippen LogP contribution in [0.25, 0.3) is 0 Å². The summed E-state index contributed by atoms with van der Waals surface area (Å²) in [5.41, 5.74) is 4.46. The molecule has 202 valence electrons. The highest BCUT2D eigenvalue weighted by molar-refractivity contribution is 6.23. The van der Waals surface area contributed by atoms with Gasteiger partial charge in [0.2, 0.25) is 5.91 Å². The fourth-order valence-corrected chi connectivity index (χ4v) is 6.07. The van der Waals surface area contributed by atoms with E-state index in [-0.39, 0.29) is 11.8 Å². The number of aryl methyl sites for hydroxylation is 1. The Bertz CT molecular complexity index is 1350. The van der Waals surface area contributed by atoms with Gasteiger partial charge in [0.25, 0.3) is 5.91 Å². The second-order valence-electron chi connectivity index (χ2n) is 11.0. The van der Waals surface area contributed by atoms with Crippen molar-refractivity contribution < 1.29 is 19.2 Å². The van der Waals surface area contributed by atoms with Crippen molar-refractivity contribution in [2.24, 2.45) is 11.8 Å². The molecule has 0 N–H and O–H groups in total. The molecule has 3 atom stereocenters. The number of amides is 2. The Balaban J connectivity index is 1.38. The van der Waals surface area contributed by atoms with Gasteiger partial charge in [-0.2, -0.15) is 0 Å². The summed E-state index contributed by atoms with van der Waals surface area (Å²) in [5, 5.41) is 1.76. The fourth-order valence-electron chi connectivity index (χ4n) is 6.07. The summed E-state index contributed by atoms with van der Waals surface area (Å²) in [7, 11) is 1.69. The average molecular weight is 526 g/mol.